The predicted molar refractivity (Wildman–Crippen MR) is 117 cm³/mol. The summed E-state index contributed by atoms with van der Waals surface area (Å²) in [6.45, 7) is 3.55. The lowest BCUT2D eigenvalue weighted by Crippen LogP contribution is -2.34. The van der Waals surface area contributed by atoms with E-state index in [1.54, 1.807) is 19.9 Å². The molecule has 2 rings (SSSR count). The molecule has 2 aromatic carbocycles. The van der Waals surface area contributed by atoms with E-state index in [0.717, 1.165) is 0 Å². The molecule has 0 bridgehead atoms. The molecule has 0 spiro atoms. The molecule has 0 aliphatic heterocycles. The van der Waals surface area contributed by atoms with Gasteiger partial charge >= 0.3 is 6.61 Å². The second-order valence-electron chi connectivity index (χ2n) is 5.88. The summed E-state index contributed by atoms with van der Waals surface area (Å²) in [5.41, 5.74) is 0.404. The van der Waals surface area contributed by atoms with Crippen molar-refractivity contribution in [2.45, 2.75) is 27.4 Å². The first-order valence-corrected chi connectivity index (χ1v) is 10.0. The number of carbonyl (C=O) groups is 1. The normalized spacial score (nSPS) is 10.4. The molecule has 31 heavy (non-hydrogen) atoms. The molecule has 0 aromatic heterocycles. The largest absolute Gasteiger partial charge is 0.490 e. The lowest BCUT2D eigenvalue weighted by atomic mass is 10.1. The Morgan fingerprint density at radius 1 is 0.968 bits per heavy atom. The summed E-state index contributed by atoms with van der Waals surface area (Å²) < 4.78 is 46.4. The van der Waals surface area contributed by atoms with E-state index in [9.17, 15) is 13.6 Å². The molecule has 0 unspecified atom stereocenters. The van der Waals surface area contributed by atoms with Crippen LogP contribution in [0.1, 0.15) is 31.1 Å². The van der Waals surface area contributed by atoms with Gasteiger partial charge in [-0.25, -0.2) is 0 Å². The second-order valence-corrected chi connectivity index (χ2v) is 6.29. The minimum atomic E-state index is -3.00. The van der Waals surface area contributed by atoms with Crippen molar-refractivity contribution in [2.75, 3.05) is 25.1 Å². The van der Waals surface area contributed by atoms with Crippen LogP contribution in [-0.4, -0.2) is 37.5 Å². The number of anilines is 1. The first-order valence-electron chi connectivity index (χ1n) is 9.62. The van der Waals surface area contributed by atoms with Gasteiger partial charge in [0, 0.05) is 5.56 Å². The lowest BCUT2D eigenvalue weighted by molar-refractivity contribution is -0.0493. The van der Waals surface area contributed by atoms with E-state index >= 15 is 0 Å². The monoisotopic (exact) mass is 454 g/mol. The minimum Gasteiger partial charge on any atom is -0.490 e. The van der Waals surface area contributed by atoms with Gasteiger partial charge in [0.15, 0.2) is 16.6 Å². The number of benzene rings is 2. The van der Waals surface area contributed by atoms with Gasteiger partial charge in [-0.3, -0.25) is 10.1 Å². The van der Waals surface area contributed by atoms with E-state index in [1.165, 1.54) is 30.3 Å². The first-order chi connectivity index (χ1) is 14.9. The number of amides is 1. The Balaban J connectivity index is 2.22. The van der Waals surface area contributed by atoms with Crippen LogP contribution >= 0.6 is 12.2 Å². The first kappa shape index (κ1) is 24.1. The molecule has 0 atom stereocenters. The molecule has 0 radical (unpaired) electrons. The average molecular weight is 454 g/mol. The molecule has 0 aliphatic rings. The third kappa shape index (κ3) is 6.95. The number of rotatable bonds is 10. The van der Waals surface area contributed by atoms with Crippen molar-refractivity contribution in [2.24, 2.45) is 0 Å². The van der Waals surface area contributed by atoms with Crippen molar-refractivity contribution < 1.29 is 32.5 Å². The van der Waals surface area contributed by atoms with Crippen molar-refractivity contribution in [3.63, 3.8) is 0 Å². The van der Waals surface area contributed by atoms with Crippen LogP contribution < -0.4 is 29.6 Å². The number of hydrogen-bond acceptors (Lipinski definition) is 6. The Bertz CT molecular complexity index is 884. The fraction of sp³-hybridized carbons (Fsp3) is 0.333. The summed E-state index contributed by atoms with van der Waals surface area (Å²) in [5, 5.41) is 5.09. The van der Waals surface area contributed by atoms with Crippen LogP contribution in [0.2, 0.25) is 0 Å². The highest BCUT2D eigenvalue weighted by atomic mass is 32.1. The van der Waals surface area contributed by atoms with E-state index in [-0.39, 0.29) is 22.1 Å². The lowest BCUT2D eigenvalue weighted by Gasteiger charge is -2.17. The SMILES string of the molecule is CCOc1cc(C(=O)NC(=S)Nc2ccccc2OC(F)F)cc(OCC)c1OCC. The molecule has 1 amide bonds. The number of nitrogens with one attached hydrogen (secondary N) is 2. The van der Waals surface area contributed by atoms with Crippen molar-refractivity contribution >= 4 is 28.9 Å². The molecular formula is C21H24F2N2O5S. The van der Waals surface area contributed by atoms with Crippen LogP contribution in [-0.2, 0) is 0 Å². The zero-order chi connectivity index (χ0) is 22.8. The molecule has 0 saturated carbocycles. The molecule has 10 heteroatoms. The van der Waals surface area contributed by atoms with E-state index in [0.29, 0.717) is 37.1 Å². The zero-order valence-electron chi connectivity index (χ0n) is 17.4. The molecule has 0 aliphatic carbocycles. The predicted octanol–water partition coefficient (Wildman–Crippen LogP) is 4.61. The summed E-state index contributed by atoms with van der Waals surface area (Å²) in [4.78, 5) is 12.7. The molecule has 2 aromatic rings. The Labute approximate surface area is 184 Å². The van der Waals surface area contributed by atoms with Crippen molar-refractivity contribution in [3.05, 3.63) is 42.0 Å². The number of carbonyl (C=O) groups excluding carboxylic acids is 1. The smallest absolute Gasteiger partial charge is 0.387 e. The Kier molecular flexibility index (Phi) is 9.26. The van der Waals surface area contributed by atoms with E-state index in [1.807, 2.05) is 6.92 Å². The number of hydrogen-bond donors (Lipinski definition) is 2. The number of thiocarbonyl (C=S) groups is 1. The van der Waals surface area contributed by atoms with Crippen molar-refractivity contribution in [1.82, 2.24) is 5.32 Å². The van der Waals surface area contributed by atoms with Crippen LogP contribution in [0, 0.1) is 0 Å². The summed E-state index contributed by atoms with van der Waals surface area (Å²) in [5.74, 6) is 0.466. The van der Waals surface area contributed by atoms with Gasteiger partial charge in [-0.2, -0.15) is 8.78 Å². The quantitative estimate of drug-likeness (QED) is 0.508. The van der Waals surface area contributed by atoms with Gasteiger partial charge in [-0.15, -0.1) is 0 Å². The third-order valence-electron chi connectivity index (χ3n) is 3.75. The van der Waals surface area contributed by atoms with Crippen LogP contribution in [0.15, 0.2) is 36.4 Å². The standard InChI is InChI=1S/C21H24F2N2O5S/c1-4-27-16-11-13(12-17(28-5-2)18(16)29-6-3)19(26)25-21(31)24-14-9-7-8-10-15(14)30-20(22)23/h7-12,20H,4-6H2,1-3H3,(H2,24,25,26,31). The van der Waals surface area contributed by atoms with E-state index < -0.39 is 12.5 Å². The van der Waals surface area contributed by atoms with E-state index in [4.69, 9.17) is 26.4 Å². The fourth-order valence-electron chi connectivity index (χ4n) is 2.62. The number of para-hydroxylation sites is 2. The van der Waals surface area contributed by atoms with Crippen LogP contribution in [0.4, 0.5) is 14.5 Å². The number of ether oxygens (including phenoxy) is 4. The molecule has 0 fully saturated rings. The maximum atomic E-state index is 12.7. The third-order valence-corrected chi connectivity index (χ3v) is 3.95. The van der Waals surface area contributed by atoms with Gasteiger partial charge in [0.1, 0.15) is 5.75 Å². The van der Waals surface area contributed by atoms with Gasteiger partial charge in [-0.05, 0) is 57.3 Å². The van der Waals surface area contributed by atoms with Gasteiger partial charge in [0.2, 0.25) is 5.75 Å². The molecule has 7 nitrogen and oxygen atoms in total. The summed E-state index contributed by atoms with van der Waals surface area (Å²) in [7, 11) is 0. The zero-order valence-corrected chi connectivity index (χ0v) is 18.2. The van der Waals surface area contributed by atoms with E-state index in [2.05, 4.69) is 15.4 Å². The molecule has 0 saturated heterocycles. The summed E-state index contributed by atoms with van der Waals surface area (Å²) in [6, 6.07) is 9.03. The highest BCUT2D eigenvalue weighted by molar-refractivity contribution is 7.80. The summed E-state index contributed by atoms with van der Waals surface area (Å²) in [6.07, 6.45) is 0. The van der Waals surface area contributed by atoms with Crippen LogP contribution in [0.5, 0.6) is 23.0 Å². The van der Waals surface area contributed by atoms with Crippen molar-refractivity contribution in [1.29, 1.82) is 0 Å². The minimum absolute atomic E-state index is 0.0971. The second kappa shape index (κ2) is 11.9. The topological polar surface area (TPSA) is 78.1 Å². The molecule has 2 N–H and O–H groups in total. The molecular weight excluding hydrogens is 430 g/mol. The Morgan fingerprint density at radius 3 is 2.10 bits per heavy atom. The highest BCUT2D eigenvalue weighted by Crippen LogP contribution is 2.39. The van der Waals surface area contributed by atoms with Crippen molar-refractivity contribution in [3.8, 4) is 23.0 Å². The van der Waals surface area contributed by atoms with Gasteiger partial charge in [0.05, 0.1) is 25.5 Å². The van der Waals surface area contributed by atoms with Gasteiger partial charge in [-0.1, -0.05) is 12.1 Å². The number of alkyl halides is 2. The van der Waals surface area contributed by atoms with Gasteiger partial charge in [0.25, 0.3) is 5.91 Å². The number of halogens is 2. The molecule has 168 valence electrons. The molecule has 0 heterocycles. The fourth-order valence-corrected chi connectivity index (χ4v) is 2.82. The Hall–Kier alpha value is -3.14. The maximum Gasteiger partial charge on any atom is 0.387 e. The average Bonchev–Trinajstić information content (AvgIpc) is 2.71. The maximum absolute atomic E-state index is 12.7. The Morgan fingerprint density at radius 2 is 1.55 bits per heavy atom. The highest BCUT2D eigenvalue weighted by Gasteiger charge is 2.19. The van der Waals surface area contributed by atoms with Gasteiger partial charge < -0.3 is 24.3 Å². The summed E-state index contributed by atoms with van der Waals surface area (Å²) >= 11 is 5.15. The van der Waals surface area contributed by atoms with Crippen LogP contribution in [0.3, 0.4) is 0 Å². The van der Waals surface area contributed by atoms with Crippen LogP contribution in [0.25, 0.3) is 0 Å².